The van der Waals surface area contributed by atoms with Gasteiger partial charge in [-0.2, -0.15) is 5.06 Å². The number of carbonyl (C=O) groups excluding carboxylic acids is 6. The Hall–Kier alpha value is -3.06. The summed E-state index contributed by atoms with van der Waals surface area (Å²) in [4.78, 5) is 75.5. The van der Waals surface area contributed by atoms with Gasteiger partial charge in [0, 0.05) is 40.5 Å². The Labute approximate surface area is 176 Å². The Bertz CT molecular complexity index is 749. The van der Waals surface area contributed by atoms with Gasteiger partial charge in [0.15, 0.2) is 18.3 Å². The summed E-state index contributed by atoms with van der Waals surface area (Å²) in [6.07, 6.45) is -7.42. The first-order valence-electron chi connectivity index (χ1n) is 9.32. The molecule has 2 rings (SSSR count). The van der Waals surface area contributed by atoms with Gasteiger partial charge >= 0.3 is 23.9 Å². The van der Waals surface area contributed by atoms with Gasteiger partial charge in [0.1, 0.15) is 12.7 Å². The maximum Gasteiger partial charge on any atom is 0.303 e. The van der Waals surface area contributed by atoms with Crippen LogP contribution in [0.4, 0.5) is 0 Å². The van der Waals surface area contributed by atoms with Crippen molar-refractivity contribution in [2.75, 3.05) is 6.61 Å². The van der Waals surface area contributed by atoms with E-state index >= 15 is 0 Å². The van der Waals surface area contributed by atoms with Crippen LogP contribution < -0.4 is 0 Å². The third-order valence-electron chi connectivity index (χ3n) is 4.16. The number of amides is 2. The summed E-state index contributed by atoms with van der Waals surface area (Å²) in [6, 6.07) is 0. The van der Waals surface area contributed by atoms with E-state index in [1.807, 2.05) is 0 Å². The SMILES string of the molecule is CC(=O)OC[C@H]1O[C@@H](ON2C(=O)CCC2=O)[C@H](OC(C)=O)[C@@H](OC(C)=O)[C@H]1OC(C)=O. The molecular formula is C18H23NO12. The lowest BCUT2D eigenvalue weighted by Gasteiger charge is -2.44. The summed E-state index contributed by atoms with van der Waals surface area (Å²) in [6.45, 7) is 3.87. The molecule has 0 bridgehead atoms. The van der Waals surface area contributed by atoms with E-state index < -0.39 is 73.0 Å². The molecule has 2 amide bonds. The fraction of sp³-hybridized carbons (Fsp3) is 0.667. The number of hydrogen-bond donors (Lipinski definition) is 0. The molecule has 0 aromatic carbocycles. The normalized spacial score (nSPS) is 28.1. The Kier molecular flexibility index (Phi) is 8.05. The average molecular weight is 445 g/mol. The lowest BCUT2D eigenvalue weighted by atomic mass is 9.98. The van der Waals surface area contributed by atoms with Gasteiger partial charge in [0.05, 0.1) is 0 Å². The minimum absolute atomic E-state index is 0.0931. The summed E-state index contributed by atoms with van der Waals surface area (Å²) in [5, 5.41) is 0.459. The van der Waals surface area contributed by atoms with Gasteiger partial charge in [-0.15, -0.1) is 0 Å². The summed E-state index contributed by atoms with van der Waals surface area (Å²) in [7, 11) is 0. The lowest BCUT2D eigenvalue weighted by molar-refractivity contribution is -0.346. The van der Waals surface area contributed by atoms with Gasteiger partial charge < -0.3 is 23.7 Å². The number of ether oxygens (including phenoxy) is 5. The standard InChI is InChI=1S/C18H23NO12/c1-8(20)26-7-12-15(27-9(2)21)16(28-10(3)22)17(29-11(4)23)18(30-12)31-19-13(24)5-6-14(19)25/h12,15-18H,5-7H2,1-4H3/t12-,15+,16+,17-,18+/m1/s1. The van der Waals surface area contributed by atoms with E-state index in [0.717, 1.165) is 27.7 Å². The van der Waals surface area contributed by atoms with Crippen LogP contribution in [0.2, 0.25) is 0 Å². The van der Waals surface area contributed by atoms with Crippen LogP contribution in [0.1, 0.15) is 40.5 Å². The minimum Gasteiger partial charge on any atom is -0.463 e. The van der Waals surface area contributed by atoms with Crippen molar-refractivity contribution in [3.05, 3.63) is 0 Å². The second kappa shape index (κ2) is 10.3. The van der Waals surface area contributed by atoms with Crippen molar-refractivity contribution in [3.8, 4) is 0 Å². The first-order chi connectivity index (χ1) is 14.5. The van der Waals surface area contributed by atoms with E-state index in [0.29, 0.717) is 5.06 Å². The molecule has 31 heavy (non-hydrogen) atoms. The van der Waals surface area contributed by atoms with E-state index in [2.05, 4.69) is 0 Å². The molecule has 0 unspecified atom stereocenters. The number of nitrogens with zero attached hydrogens (tertiary/aromatic N) is 1. The third-order valence-corrected chi connectivity index (χ3v) is 4.16. The summed E-state index contributed by atoms with van der Waals surface area (Å²) in [5.74, 6) is -4.43. The summed E-state index contributed by atoms with van der Waals surface area (Å²) >= 11 is 0. The van der Waals surface area contributed by atoms with E-state index in [-0.39, 0.29) is 12.8 Å². The molecule has 2 aliphatic heterocycles. The number of imide groups is 1. The maximum absolute atomic E-state index is 11.9. The Balaban J connectivity index is 2.42. The fourth-order valence-corrected chi connectivity index (χ4v) is 3.05. The van der Waals surface area contributed by atoms with E-state index in [9.17, 15) is 28.8 Å². The zero-order valence-corrected chi connectivity index (χ0v) is 17.4. The predicted octanol–water partition coefficient (Wildman–Crippen LogP) is -0.850. The summed E-state index contributed by atoms with van der Waals surface area (Å²) in [5.41, 5.74) is 0. The second-order valence-electron chi connectivity index (χ2n) is 6.75. The fourth-order valence-electron chi connectivity index (χ4n) is 3.05. The molecule has 2 aliphatic rings. The van der Waals surface area contributed by atoms with E-state index in [1.165, 1.54) is 0 Å². The van der Waals surface area contributed by atoms with Crippen molar-refractivity contribution in [2.45, 2.75) is 71.2 Å². The predicted molar refractivity (Wildman–Crippen MR) is 94.1 cm³/mol. The quantitative estimate of drug-likeness (QED) is 0.271. The van der Waals surface area contributed by atoms with Crippen LogP contribution >= 0.6 is 0 Å². The van der Waals surface area contributed by atoms with Gasteiger partial charge in [-0.1, -0.05) is 0 Å². The molecular weight excluding hydrogens is 422 g/mol. The summed E-state index contributed by atoms with van der Waals surface area (Å²) < 4.78 is 26.1. The molecule has 13 nitrogen and oxygen atoms in total. The molecule has 2 fully saturated rings. The molecule has 0 aliphatic carbocycles. The number of rotatable bonds is 7. The highest BCUT2D eigenvalue weighted by Crippen LogP contribution is 2.31. The van der Waals surface area contributed by atoms with Crippen molar-refractivity contribution >= 4 is 35.7 Å². The van der Waals surface area contributed by atoms with Crippen molar-refractivity contribution in [3.63, 3.8) is 0 Å². The largest absolute Gasteiger partial charge is 0.463 e. The molecule has 0 N–H and O–H groups in total. The zero-order chi connectivity index (χ0) is 23.3. The van der Waals surface area contributed by atoms with Crippen LogP contribution in [0.5, 0.6) is 0 Å². The molecule has 0 aromatic heterocycles. The molecule has 0 aromatic rings. The van der Waals surface area contributed by atoms with Crippen molar-refractivity contribution in [2.24, 2.45) is 0 Å². The molecule has 172 valence electrons. The molecule has 0 saturated carbocycles. The Morgan fingerprint density at radius 2 is 1.29 bits per heavy atom. The molecule has 2 saturated heterocycles. The number of hydroxylamine groups is 2. The van der Waals surface area contributed by atoms with Crippen LogP contribution in [0.3, 0.4) is 0 Å². The van der Waals surface area contributed by atoms with Gasteiger partial charge in [-0.25, -0.2) is 4.84 Å². The van der Waals surface area contributed by atoms with Crippen LogP contribution in [-0.2, 0) is 57.3 Å². The highest BCUT2D eigenvalue weighted by Gasteiger charge is 2.54. The van der Waals surface area contributed by atoms with Crippen molar-refractivity contribution in [1.82, 2.24) is 5.06 Å². The van der Waals surface area contributed by atoms with Crippen molar-refractivity contribution in [1.29, 1.82) is 0 Å². The molecule has 2 heterocycles. The topological polar surface area (TPSA) is 161 Å². The molecule has 13 heteroatoms. The van der Waals surface area contributed by atoms with Crippen LogP contribution in [0, 0.1) is 0 Å². The van der Waals surface area contributed by atoms with Crippen LogP contribution in [-0.4, -0.2) is 78.1 Å². The lowest BCUT2D eigenvalue weighted by Crippen LogP contribution is -2.63. The number of esters is 4. The smallest absolute Gasteiger partial charge is 0.303 e. The van der Waals surface area contributed by atoms with Gasteiger partial charge in [0.2, 0.25) is 6.29 Å². The second-order valence-corrected chi connectivity index (χ2v) is 6.75. The van der Waals surface area contributed by atoms with Crippen LogP contribution in [0.15, 0.2) is 0 Å². The maximum atomic E-state index is 11.9. The van der Waals surface area contributed by atoms with E-state index in [1.54, 1.807) is 0 Å². The first kappa shape index (κ1) is 24.2. The Morgan fingerprint density at radius 1 is 0.806 bits per heavy atom. The van der Waals surface area contributed by atoms with Crippen molar-refractivity contribution < 1.29 is 57.3 Å². The minimum atomic E-state index is -1.63. The zero-order valence-electron chi connectivity index (χ0n) is 17.4. The molecule has 0 radical (unpaired) electrons. The molecule has 0 spiro atoms. The van der Waals surface area contributed by atoms with E-state index in [4.69, 9.17) is 28.5 Å². The number of carbonyl (C=O) groups is 6. The monoisotopic (exact) mass is 445 g/mol. The Morgan fingerprint density at radius 3 is 1.77 bits per heavy atom. The van der Waals surface area contributed by atoms with Gasteiger partial charge in [0.25, 0.3) is 11.8 Å². The highest BCUT2D eigenvalue weighted by molar-refractivity contribution is 6.00. The van der Waals surface area contributed by atoms with Gasteiger partial charge in [-0.3, -0.25) is 28.8 Å². The molecule has 5 atom stereocenters. The number of hydrogen-bond acceptors (Lipinski definition) is 12. The van der Waals surface area contributed by atoms with Crippen LogP contribution in [0.25, 0.3) is 0 Å². The average Bonchev–Trinajstić information content (AvgIpc) is 2.95. The van der Waals surface area contributed by atoms with Gasteiger partial charge in [-0.05, 0) is 0 Å². The first-order valence-corrected chi connectivity index (χ1v) is 9.32. The highest BCUT2D eigenvalue weighted by atomic mass is 16.8. The third kappa shape index (κ3) is 6.46.